The summed E-state index contributed by atoms with van der Waals surface area (Å²) in [6.45, 7) is 3.14. The van der Waals surface area contributed by atoms with E-state index in [1.165, 1.54) is 7.11 Å². The minimum atomic E-state index is -0.381. The number of para-hydroxylation sites is 1. The molecule has 1 heterocycles. The maximum Gasteiger partial charge on any atom is 0.340 e. The number of esters is 1. The van der Waals surface area contributed by atoms with Crippen LogP contribution in [0, 0.1) is 0 Å². The lowest BCUT2D eigenvalue weighted by Crippen LogP contribution is -2.40. The van der Waals surface area contributed by atoms with Crippen LogP contribution in [0.15, 0.2) is 18.2 Å². The molecular weight excluding hydrogens is 248 g/mol. The average molecular weight is 266 g/mol. The first-order chi connectivity index (χ1) is 8.65. The van der Waals surface area contributed by atoms with Crippen molar-refractivity contribution in [3.63, 3.8) is 0 Å². The third-order valence-electron chi connectivity index (χ3n) is 3.17. The van der Waals surface area contributed by atoms with Gasteiger partial charge in [0.15, 0.2) is 0 Å². The summed E-state index contributed by atoms with van der Waals surface area (Å²) in [4.78, 5) is 13.9. The number of nitrogen functional groups attached to an aromatic ring is 1. The summed E-state index contributed by atoms with van der Waals surface area (Å²) in [5.41, 5.74) is 8.00. The summed E-state index contributed by atoms with van der Waals surface area (Å²) in [7, 11) is 1.37. The third-order valence-corrected chi connectivity index (χ3v) is 4.35. The van der Waals surface area contributed by atoms with Crippen LogP contribution in [0.2, 0.25) is 0 Å². The molecule has 0 spiro atoms. The molecule has 1 aromatic rings. The van der Waals surface area contributed by atoms with E-state index in [1.807, 2.05) is 23.9 Å². The summed E-state index contributed by atoms with van der Waals surface area (Å²) in [5.74, 6) is 1.79. The van der Waals surface area contributed by atoms with Crippen molar-refractivity contribution in [3.8, 4) is 0 Å². The second-order valence-corrected chi connectivity index (χ2v) is 5.50. The standard InChI is InChI=1S/C13H18N2O2S/c1-9-8-18-7-6-15(9)11-5-3-4-10(12(11)14)13(16)17-2/h3-5,9H,6-8,14H2,1-2H3. The molecule has 98 valence electrons. The van der Waals surface area contributed by atoms with E-state index in [2.05, 4.69) is 11.8 Å². The fraction of sp³-hybridized carbons (Fsp3) is 0.462. The lowest BCUT2D eigenvalue weighted by atomic mass is 10.1. The van der Waals surface area contributed by atoms with Crippen LogP contribution in [0.25, 0.3) is 0 Å². The van der Waals surface area contributed by atoms with Crippen LogP contribution in [0.3, 0.4) is 0 Å². The van der Waals surface area contributed by atoms with Crippen molar-refractivity contribution < 1.29 is 9.53 Å². The second-order valence-electron chi connectivity index (χ2n) is 4.35. The smallest absolute Gasteiger partial charge is 0.340 e. The van der Waals surface area contributed by atoms with Crippen molar-refractivity contribution in [1.82, 2.24) is 0 Å². The van der Waals surface area contributed by atoms with E-state index < -0.39 is 0 Å². The van der Waals surface area contributed by atoms with Crippen molar-refractivity contribution >= 4 is 29.1 Å². The number of carbonyl (C=O) groups excluding carboxylic acids is 1. The number of nitrogens with two attached hydrogens (primary N) is 1. The van der Waals surface area contributed by atoms with Crippen LogP contribution < -0.4 is 10.6 Å². The van der Waals surface area contributed by atoms with Crippen molar-refractivity contribution in [1.29, 1.82) is 0 Å². The van der Waals surface area contributed by atoms with Crippen molar-refractivity contribution in [2.75, 3.05) is 35.8 Å². The van der Waals surface area contributed by atoms with Gasteiger partial charge < -0.3 is 15.4 Å². The fourth-order valence-electron chi connectivity index (χ4n) is 2.18. The number of hydrogen-bond acceptors (Lipinski definition) is 5. The Kier molecular flexibility index (Phi) is 4.01. The molecule has 1 aromatic carbocycles. The van der Waals surface area contributed by atoms with E-state index >= 15 is 0 Å². The molecule has 1 atom stereocenters. The molecule has 1 aliphatic rings. The molecule has 0 aliphatic carbocycles. The van der Waals surface area contributed by atoms with E-state index in [-0.39, 0.29) is 5.97 Å². The molecule has 4 nitrogen and oxygen atoms in total. The largest absolute Gasteiger partial charge is 0.465 e. The summed E-state index contributed by atoms with van der Waals surface area (Å²) in [5, 5.41) is 0. The molecule has 2 N–H and O–H groups in total. The zero-order valence-corrected chi connectivity index (χ0v) is 11.5. The van der Waals surface area contributed by atoms with Crippen LogP contribution in [0.4, 0.5) is 11.4 Å². The minimum absolute atomic E-state index is 0.381. The van der Waals surface area contributed by atoms with Gasteiger partial charge in [0, 0.05) is 24.1 Å². The molecule has 5 heteroatoms. The van der Waals surface area contributed by atoms with E-state index in [0.29, 0.717) is 17.3 Å². The number of hydrogen-bond donors (Lipinski definition) is 1. The highest BCUT2D eigenvalue weighted by Gasteiger charge is 2.23. The Balaban J connectivity index is 2.36. The van der Waals surface area contributed by atoms with Gasteiger partial charge in [0.05, 0.1) is 24.0 Å². The number of methoxy groups -OCH3 is 1. The lowest BCUT2D eigenvalue weighted by molar-refractivity contribution is 0.0602. The highest BCUT2D eigenvalue weighted by Crippen LogP contribution is 2.31. The first-order valence-corrected chi connectivity index (χ1v) is 7.11. The average Bonchev–Trinajstić information content (AvgIpc) is 2.39. The first kappa shape index (κ1) is 13.1. The van der Waals surface area contributed by atoms with Crippen molar-refractivity contribution in [2.24, 2.45) is 0 Å². The Morgan fingerprint density at radius 2 is 2.33 bits per heavy atom. The number of benzene rings is 1. The van der Waals surface area contributed by atoms with Crippen LogP contribution in [0.1, 0.15) is 17.3 Å². The molecule has 1 aliphatic heterocycles. The number of ether oxygens (including phenoxy) is 1. The van der Waals surface area contributed by atoms with Crippen LogP contribution in [-0.4, -0.2) is 37.2 Å². The van der Waals surface area contributed by atoms with Gasteiger partial charge in [-0.2, -0.15) is 11.8 Å². The van der Waals surface area contributed by atoms with Gasteiger partial charge in [-0.15, -0.1) is 0 Å². The molecule has 0 amide bonds. The van der Waals surface area contributed by atoms with Crippen molar-refractivity contribution in [3.05, 3.63) is 23.8 Å². The van der Waals surface area contributed by atoms with Crippen LogP contribution in [-0.2, 0) is 4.74 Å². The summed E-state index contributed by atoms with van der Waals surface area (Å²) < 4.78 is 4.74. The third kappa shape index (κ3) is 2.41. The number of carbonyl (C=O) groups is 1. The summed E-state index contributed by atoms with van der Waals surface area (Å²) in [6.07, 6.45) is 0. The highest BCUT2D eigenvalue weighted by molar-refractivity contribution is 7.99. The molecule has 0 bridgehead atoms. The van der Waals surface area contributed by atoms with Gasteiger partial charge in [0.2, 0.25) is 0 Å². The van der Waals surface area contributed by atoms with Crippen LogP contribution in [0.5, 0.6) is 0 Å². The number of anilines is 2. The summed E-state index contributed by atoms with van der Waals surface area (Å²) >= 11 is 1.95. The molecule has 1 unspecified atom stereocenters. The normalized spacial score (nSPS) is 19.7. The van der Waals surface area contributed by atoms with Gasteiger partial charge in [-0.25, -0.2) is 4.79 Å². The number of rotatable bonds is 2. The topological polar surface area (TPSA) is 55.6 Å². The van der Waals surface area contributed by atoms with Crippen LogP contribution >= 0.6 is 11.8 Å². The van der Waals surface area contributed by atoms with Gasteiger partial charge in [0.25, 0.3) is 0 Å². The van der Waals surface area contributed by atoms with Gasteiger partial charge in [-0.3, -0.25) is 0 Å². The van der Waals surface area contributed by atoms with E-state index in [0.717, 1.165) is 23.7 Å². The van der Waals surface area contributed by atoms with E-state index in [4.69, 9.17) is 10.5 Å². The highest BCUT2D eigenvalue weighted by atomic mass is 32.2. The Labute approximate surface area is 111 Å². The number of nitrogens with zero attached hydrogens (tertiary/aromatic N) is 1. The Morgan fingerprint density at radius 3 is 3.00 bits per heavy atom. The zero-order valence-electron chi connectivity index (χ0n) is 10.7. The molecular formula is C13H18N2O2S. The predicted octanol–water partition coefficient (Wildman–Crippen LogP) is 2.00. The fourth-order valence-corrected chi connectivity index (χ4v) is 3.19. The quantitative estimate of drug-likeness (QED) is 0.655. The molecule has 1 fully saturated rings. The van der Waals surface area contributed by atoms with E-state index in [9.17, 15) is 4.79 Å². The molecule has 0 saturated carbocycles. The number of thioether (sulfide) groups is 1. The summed E-state index contributed by atoms with van der Waals surface area (Å²) in [6, 6.07) is 5.95. The second kappa shape index (κ2) is 5.52. The maximum absolute atomic E-state index is 11.6. The van der Waals surface area contributed by atoms with Gasteiger partial charge >= 0.3 is 5.97 Å². The zero-order chi connectivity index (χ0) is 13.1. The van der Waals surface area contributed by atoms with Crippen molar-refractivity contribution in [2.45, 2.75) is 13.0 Å². The van der Waals surface area contributed by atoms with E-state index in [1.54, 1.807) is 6.07 Å². The van der Waals surface area contributed by atoms with Gasteiger partial charge in [-0.1, -0.05) is 6.07 Å². The molecule has 18 heavy (non-hydrogen) atoms. The van der Waals surface area contributed by atoms with Gasteiger partial charge in [0.1, 0.15) is 0 Å². The first-order valence-electron chi connectivity index (χ1n) is 5.96. The molecule has 2 rings (SSSR count). The minimum Gasteiger partial charge on any atom is -0.465 e. The maximum atomic E-state index is 11.6. The molecule has 1 saturated heterocycles. The SMILES string of the molecule is COC(=O)c1cccc(N2CCSCC2C)c1N. The molecule has 0 aromatic heterocycles. The lowest BCUT2D eigenvalue weighted by Gasteiger charge is -2.36. The monoisotopic (exact) mass is 266 g/mol. The Morgan fingerprint density at radius 1 is 1.56 bits per heavy atom. The Bertz CT molecular complexity index is 451. The molecule has 0 radical (unpaired) electrons. The predicted molar refractivity (Wildman–Crippen MR) is 76.3 cm³/mol. The van der Waals surface area contributed by atoms with Gasteiger partial charge in [-0.05, 0) is 19.1 Å². The Hall–Kier alpha value is -1.36.